The van der Waals surface area contributed by atoms with Crippen LogP contribution in [0.1, 0.15) is 21.6 Å². The zero-order valence-electron chi connectivity index (χ0n) is 18.9. The van der Waals surface area contributed by atoms with Crippen LogP contribution in [0.2, 0.25) is 0 Å². The van der Waals surface area contributed by atoms with Crippen molar-refractivity contribution in [3.63, 3.8) is 0 Å². The molecule has 1 heterocycles. The van der Waals surface area contributed by atoms with Gasteiger partial charge in [-0.3, -0.25) is 0 Å². The van der Waals surface area contributed by atoms with Crippen LogP contribution in [0.4, 0.5) is 4.39 Å². The van der Waals surface area contributed by atoms with Crippen molar-refractivity contribution in [1.29, 1.82) is 0 Å². The summed E-state index contributed by atoms with van der Waals surface area (Å²) in [4.78, 5) is 12.6. The maximum atomic E-state index is 13.5. The van der Waals surface area contributed by atoms with E-state index in [9.17, 15) is 17.6 Å². The number of benzene rings is 3. The van der Waals surface area contributed by atoms with E-state index in [-0.39, 0.29) is 17.3 Å². The minimum atomic E-state index is -3.38. The van der Waals surface area contributed by atoms with Crippen molar-refractivity contribution in [1.82, 2.24) is 4.57 Å². The van der Waals surface area contributed by atoms with Crippen LogP contribution in [-0.2, 0) is 21.0 Å². The molecule has 4 rings (SSSR count). The molecule has 0 N–H and O–H groups in total. The molecule has 4 aromatic rings. The van der Waals surface area contributed by atoms with Crippen LogP contribution in [0.15, 0.2) is 90.0 Å². The molecule has 0 saturated heterocycles. The highest BCUT2D eigenvalue weighted by molar-refractivity contribution is 7.90. The van der Waals surface area contributed by atoms with Gasteiger partial charge < -0.3 is 9.30 Å². The molecule has 0 bridgehead atoms. The summed E-state index contributed by atoms with van der Waals surface area (Å²) >= 11 is 0. The molecule has 0 aliphatic heterocycles. The Bertz CT molecular complexity index is 1430. The normalized spacial score (nSPS) is 11.4. The van der Waals surface area contributed by atoms with Crippen molar-refractivity contribution < 1.29 is 22.3 Å². The number of sulfone groups is 1. The summed E-state index contributed by atoms with van der Waals surface area (Å²) in [5.74, 6) is -0.737. The summed E-state index contributed by atoms with van der Waals surface area (Å²) in [6.07, 6.45) is 3.50. The number of hydrogen-bond acceptors (Lipinski definition) is 4. The summed E-state index contributed by atoms with van der Waals surface area (Å²) in [7, 11) is -3.38. The molecule has 0 aliphatic rings. The first kappa shape index (κ1) is 23.4. The van der Waals surface area contributed by atoms with E-state index in [1.165, 1.54) is 18.4 Å². The lowest BCUT2D eigenvalue weighted by molar-refractivity contribution is 0.0509. The van der Waals surface area contributed by atoms with Crippen LogP contribution in [0, 0.1) is 12.7 Å². The smallest absolute Gasteiger partial charge is 0.338 e. The van der Waals surface area contributed by atoms with Crippen LogP contribution in [-0.4, -0.2) is 31.8 Å². The number of rotatable bonds is 7. The molecule has 0 aliphatic carbocycles. The van der Waals surface area contributed by atoms with Gasteiger partial charge in [0.2, 0.25) is 0 Å². The van der Waals surface area contributed by atoms with Crippen LogP contribution in [0.25, 0.3) is 16.8 Å². The van der Waals surface area contributed by atoms with E-state index < -0.39 is 15.8 Å². The summed E-state index contributed by atoms with van der Waals surface area (Å²) < 4.78 is 45.1. The number of halogens is 1. The Balaban J connectivity index is 1.70. The molecule has 0 unspecified atom stereocenters. The lowest BCUT2D eigenvalue weighted by atomic mass is 10.0. The fraction of sp³-hybridized carbons (Fsp3) is 0.148. The van der Waals surface area contributed by atoms with Gasteiger partial charge in [-0.15, -0.1) is 0 Å². The fourth-order valence-corrected chi connectivity index (χ4v) is 4.54. The Morgan fingerprint density at radius 2 is 1.68 bits per heavy atom. The second kappa shape index (κ2) is 9.65. The third-order valence-electron chi connectivity index (χ3n) is 5.65. The minimum absolute atomic E-state index is 0.154. The van der Waals surface area contributed by atoms with Gasteiger partial charge in [0.25, 0.3) is 0 Å². The van der Waals surface area contributed by atoms with E-state index in [1.54, 1.807) is 54.6 Å². The summed E-state index contributed by atoms with van der Waals surface area (Å²) in [6, 6.07) is 21.6. The molecule has 34 heavy (non-hydrogen) atoms. The number of nitrogens with zero attached hydrogens (tertiary/aromatic N) is 1. The molecule has 7 heteroatoms. The van der Waals surface area contributed by atoms with Gasteiger partial charge in [-0.2, -0.15) is 0 Å². The molecule has 0 radical (unpaired) electrons. The Morgan fingerprint density at radius 1 is 0.971 bits per heavy atom. The quantitative estimate of drug-likeness (QED) is 0.335. The van der Waals surface area contributed by atoms with Crippen LogP contribution >= 0.6 is 0 Å². The molecule has 0 fully saturated rings. The molecule has 5 nitrogen and oxygen atoms in total. The van der Waals surface area contributed by atoms with E-state index in [1.807, 2.05) is 29.8 Å². The van der Waals surface area contributed by atoms with Gasteiger partial charge >= 0.3 is 5.97 Å². The average Bonchev–Trinajstić information content (AvgIpc) is 3.16. The Kier molecular flexibility index (Phi) is 6.65. The third kappa shape index (κ3) is 5.10. The fourth-order valence-electron chi connectivity index (χ4n) is 3.88. The van der Waals surface area contributed by atoms with Crippen molar-refractivity contribution in [2.45, 2.75) is 18.2 Å². The maximum Gasteiger partial charge on any atom is 0.338 e. The van der Waals surface area contributed by atoms with Crippen molar-refractivity contribution in [3.8, 4) is 16.8 Å². The number of hydrogen-bond donors (Lipinski definition) is 0. The highest BCUT2D eigenvalue weighted by Gasteiger charge is 2.18. The van der Waals surface area contributed by atoms with E-state index in [4.69, 9.17) is 4.74 Å². The van der Waals surface area contributed by atoms with E-state index in [0.29, 0.717) is 12.0 Å². The first-order valence-electron chi connectivity index (χ1n) is 10.7. The van der Waals surface area contributed by atoms with E-state index in [0.717, 1.165) is 28.1 Å². The number of aromatic nitrogens is 1. The number of esters is 1. The zero-order valence-corrected chi connectivity index (χ0v) is 19.7. The zero-order chi connectivity index (χ0) is 24.3. The van der Waals surface area contributed by atoms with Crippen LogP contribution in [0.5, 0.6) is 0 Å². The monoisotopic (exact) mass is 477 g/mol. The second-order valence-electron chi connectivity index (χ2n) is 8.01. The summed E-state index contributed by atoms with van der Waals surface area (Å²) in [5, 5.41) is 0. The number of ether oxygens (including phenoxy) is 1. The third-order valence-corrected chi connectivity index (χ3v) is 6.76. The van der Waals surface area contributed by atoms with Gasteiger partial charge in [-0.1, -0.05) is 30.3 Å². The maximum absolute atomic E-state index is 13.5. The average molecular weight is 478 g/mol. The molecule has 0 spiro atoms. The lowest BCUT2D eigenvalue weighted by Crippen LogP contribution is -2.09. The lowest BCUT2D eigenvalue weighted by Gasteiger charge is -2.10. The standard InChI is InChI=1S/C27H24FNO4S/c1-19-25(15-16-33-27(30)20-7-4-3-5-8-20)26(18-29(19)23-13-11-22(28)12-14-23)21-9-6-10-24(17-21)34(2,31)32/h3-14,17-18H,15-16H2,1-2H3. The van der Waals surface area contributed by atoms with Crippen molar-refractivity contribution in [2.75, 3.05) is 12.9 Å². The Morgan fingerprint density at radius 3 is 2.35 bits per heavy atom. The van der Waals surface area contributed by atoms with Crippen LogP contribution in [0.3, 0.4) is 0 Å². The second-order valence-corrected chi connectivity index (χ2v) is 10.0. The van der Waals surface area contributed by atoms with Gasteiger partial charge in [0.05, 0.1) is 17.1 Å². The van der Waals surface area contributed by atoms with Crippen molar-refractivity contribution >= 4 is 15.8 Å². The predicted octanol–water partition coefficient (Wildman–Crippen LogP) is 5.39. The number of carbonyl (C=O) groups excluding carboxylic acids is 1. The first-order chi connectivity index (χ1) is 16.2. The molecule has 0 saturated carbocycles. The summed E-state index contributed by atoms with van der Waals surface area (Å²) in [5.41, 5.74) is 4.61. The van der Waals surface area contributed by atoms with Gasteiger partial charge in [0.15, 0.2) is 9.84 Å². The first-order valence-corrected chi connectivity index (χ1v) is 12.6. The number of carbonyl (C=O) groups is 1. The molecule has 0 amide bonds. The topological polar surface area (TPSA) is 65.4 Å². The Labute approximate surface area is 198 Å². The van der Waals surface area contributed by atoms with Gasteiger partial charge in [-0.25, -0.2) is 17.6 Å². The van der Waals surface area contributed by atoms with Gasteiger partial charge in [-0.05, 0) is 66.6 Å². The summed E-state index contributed by atoms with van der Waals surface area (Å²) in [6.45, 7) is 2.09. The molecular formula is C27H24FNO4S. The molecular weight excluding hydrogens is 453 g/mol. The molecule has 1 aromatic heterocycles. The van der Waals surface area contributed by atoms with E-state index in [2.05, 4.69) is 0 Å². The van der Waals surface area contributed by atoms with Crippen molar-refractivity contribution in [2.24, 2.45) is 0 Å². The SMILES string of the molecule is Cc1c(CCOC(=O)c2ccccc2)c(-c2cccc(S(C)(=O)=O)c2)cn1-c1ccc(F)cc1. The largest absolute Gasteiger partial charge is 0.462 e. The molecule has 0 atom stereocenters. The predicted molar refractivity (Wildman–Crippen MR) is 129 cm³/mol. The highest BCUT2D eigenvalue weighted by Crippen LogP contribution is 2.32. The van der Waals surface area contributed by atoms with E-state index >= 15 is 0 Å². The van der Waals surface area contributed by atoms with Crippen molar-refractivity contribution in [3.05, 3.63) is 108 Å². The minimum Gasteiger partial charge on any atom is -0.462 e. The molecule has 3 aromatic carbocycles. The van der Waals surface area contributed by atoms with Crippen LogP contribution < -0.4 is 0 Å². The van der Waals surface area contributed by atoms with Gasteiger partial charge in [0.1, 0.15) is 5.82 Å². The molecule has 174 valence electrons. The Hall–Kier alpha value is -3.71. The van der Waals surface area contributed by atoms with Gasteiger partial charge in [0, 0.05) is 35.8 Å². The highest BCUT2D eigenvalue weighted by atomic mass is 32.2.